The van der Waals surface area contributed by atoms with E-state index in [1.165, 1.54) is 12.1 Å². The number of nitrogens with one attached hydrogen (secondary N) is 1. The van der Waals surface area contributed by atoms with Crippen molar-refractivity contribution in [1.82, 2.24) is 24.1 Å². The maximum atomic E-state index is 13.2. The first-order chi connectivity index (χ1) is 12.7. The molecule has 0 saturated carbocycles. The molecule has 1 N–H and O–H groups in total. The van der Waals surface area contributed by atoms with Gasteiger partial charge in [-0.25, -0.2) is 14.4 Å². The molecule has 4 rings (SSSR count). The van der Waals surface area contributed by atoms with Crippen LogP contribution in [0, 0.1) is 5.82 Å². The number of hydrogen-bond donors (Lipinski definition) is 1. The predicted octanol–water partition coefficient (Wildman–Crippen LogP) is 3.62. The van der Waals surface area contributed by atoms with Crippen LogP contribution in [-0.2, 0) is 6.54 Å². The maximum Gasteiger partial charge on any atom is 0.157 e. The molecule has 6 nitrogen and oxygen atoms in total. The number of fused-ring (bicyclic) bond motifs is 1. The Kier molecular flexibility index (Phi) is 4.35. The van der Waals surface area contributed by atoms with Crippen LogP contribution < -0.4 is 5.32 Å². The highest BCUT2D eigenvalue weighted by atomic mass is 19.1. The second kappa shape index (κ2) is 6.95. The van der Waals surface area contributed by atoms with E-state index in [2.05, 4.69) is 27.3 Å². The minimum Gasteiger partial charge on any atom is -0.365 e. The fraction of sp³-hybridized carbons (Fsp3) is 0.211. The molecule has 0 radical (unpaired) electrons. The van der Waals surface area contributed by atoms with Gasteiger partial charge in [-0.1, -0.05) is 6.92 Å². The Bertz CT molecular complexity index is 991. The summed E-state index contributed by atoms with van der Waals surface area (Å²) in [6, 6.07) is 10.4. The quantitative estimate of drug-likeness (QED) is 0.577. The number of imidazole rings is 1. The van der Waals surface area contributed by atoms with Gasteiger partial charge in [-0.3, -0.25) is 0 Å². The highest BCUT2D eigenvalue weighted by Crippen LogP contribution is 2.23. The molecule has 1 aromatic carbocycles. The van der Waals surface area contributed by atoms with E-state index < -0.39 is 0 Å². The number of hydrogen-bond acceptors (Lipinski definition) is 4. The normalized spacial score (nSPS) is 12.4. The topological polar surface area (TPSA) is 60.0 Å². The summed E-state index contributed by atoms with van der Waals surface area (Å²) in [4.78, 5) is 8.72. The molecule has 7 heteroatoms. The molecule has 0 bridgehead atoms. The molecule has 0 aliphatic heterocycles. The van der Waals surface area contributed by atoms with Crippen LogP contribution in [0.15, 0.2) is 61.3 Å². The first-order valence-electron chi connectivity index (χ1n) is 8.56. The minimum absolute atomic E-state index is 0.208. The first-order valence-corrected chi connectivity index (χ1v) is 8.56. The highest BCUT2D eigenvalue weighted by molar-refractivity contribution is 5.66. The molecule has 1 atom stereocenters. The zero-order valence-electron chi connectivity index (χ0n) is 14.4. The lowest BCUT2D eigenvalue weighted by atomic mass is 10.1. The van der Waals surface area contributed by atoms with Crippen molar-refractivity contribution >= 4 is 11.5 Å². The molecule has 0 aliphatic carbocycles. The number of aromatic nitrogens is 5. The summed E-state index contributed by atoms with van der Waals surface area (Å²) in [6.45, 7) is 2.93. The summed E-state index contributed by atoms with van der Waals surface area (Å²) in [7, 11) is 0. The van der Waals surface area contributed by atoms with Crippen molar-refractivity contribution < 1.29 is 4.39 Å². The molecule has 3 aromatic heterocycles. The Balaban J connectivity index is 1.68. The number of rotatable bonds is 6. The fourth-order valence-electron chi connectivity index (χ4n) is 2.92. The molecule has 3 heterocycles. The third-order valence-electron chi connectivity index (χ3n) is 4.33. The Morgan fingerprint density at radius 3 is 2.73 bits per heavy atom. The van der Waals surface area contributed by atoms with Crippen molar-refractivity contribution in [2.24, 2.45) is 0 Å². The molecule has 0 unspecified atom stereocenters. The third kappa shape index (κ3) is 3.28. The van der Waals surface area contributed by atoms with Gasteiger partial charge in [-0.05, 0) is 30.7 Å². The summed E-state index contributed by atoms with van der Waals surface area (Å²) in [5, 5.41) is 7.92. The summed E-state index contributed by atoms with van der Waals surface area (Å²) in [6.07, 6.45) is 8.19. The number of anilines is 1. The Morgan fingerprint density at radius 2 is 2.00 bits per heavy atom. The Morgan fingerprint density at radius 1 is 1.15 bits per heavy atom. The molecule has 26 heavy (non-hydrogen) atoms. The zero-order chi connectivity index (χ0) is 17.9. The summed E-state index contributed by atoms with van der Waals surface area (Å²) < 4.78 is 17.1. The van der Waals surface area contributed by atoms with Gasteiger partial charge in [0.05, 0.1) is 18.2 Å². The van der Waals surface area contributed by atoms with Gasteiger partial charge < -0.3 is 9.88 Å². The first kappa shape index (κ1) is 16.3. The van der Waals surface area contributed by atoms with Gasteiger partial charge in [-0.2, -0.15) is 9.61 Å². The molecule has 132 valence electrons. The number of nitrogens with zero attached hydrogens (tertiary/aromatic N) is 5. The Hall–Kier alpha value is -3.22. The highest BCUT2D eigenvalue weighted by Gasteiger charge is 2.13. The van der Waals surface area contributed by atoms with Crippen LogP contribution in [-0.4, -0.2) is 30.2 Å². The average molecular weight is 350 g/mol. The molecule has 0 aliphatic rings. The van der Waals surface area contributed by atoms with Crippen molar-refractivity contribution in [3.63, 3.8) is 0 Å². The molecule has 4 aromatic rings. The van der Waals surface area contributed by atoms with Gasteiger partial charge in [0.1, 0.15) is 11.6 Å². The van der Waals surface area contributed by atoms with E-state index >= 15 is 0 Å². The number of benzene rings is 1. The fourth-order valence-corrected chi connectivity index (χ4v) is 2.92. The molecular formula is C19H19FN6. The molecule has 0 amide bonds. The summed E-state index contributed by atoms with van der Waals surface area (Å²) >= 11 is 0. The second-order valence-electron chi connectivity index (χ2n) is 6.14. The second-order valence-corrected chi connectivity index (χ2v) is 6.14. The standard InChI is InChI=1S/C19H19FN6/c1-2-16(12-25-10-9-21-13-25)23-19-11-17(14-3-5-15(20)6-4-14)24-18-7-8-22-26(18)19/h3-11,13,16,23H,2,12H2,1H3/t16-/m1/s1. The van der Waals surface area contributed by atoms with Crippen molar-refractivity contribution in [3.05, 3.63) is 67.1 Å². The third-order valence-corrected chi connectivity index (χ3v) is 4.33. The zero-order valence-corrected chi connectivity index (χ0v) is 14.4. The van der Waals surface area contributed by atoms with Crippen LogP contribution in [0.1, 0.15) is 13.3 Å². The van der Waals surface area contributed by atoms with Gasteiger partial charge in [-0.15, -0.1) is 0 Å². The van der Waals surface area contributed by atoms with E-state index in [4.69, 9.17) is 0 Å². The van der Waals surface area contributed by atoms with Crippen molar-refractivity contribution in [3.8, 4) is 11.3 Å². The van der Waals surface area contributed by atoms with E-state index in [0.717, 1.165) is 35.7 Å². The minimum atomic E-state index is -0.260. The van der Waals surface area contributed by atoms with Crippen molar-refractivity contribution in [2.45, 2.75) is 25.9 Å². The lowest BCUT2D eigenvalue weighted by Gasteiger charge is -2.20. The van der Waals surface area contributed by atoms with E-state index in [1.54, 1.807) is 29.0 Å². The van der Waals surface area contributed by atoms with Crippen LogP contribution in [0.4, 0.5) is 10.2 Å². The smallest absolute Gasteiger partial charge is 0.157 e. The van der Waals surface area contributed by atoms with E-state index in [1.807, 2.05) is 29.2 Å². The molecule has 0 spiro atoms. The van der Waals surface area contributed by atoms with Crippen LogP contribution in [0.3, 0.4) is 0 Å². The van der Waals surface area contributed by atoms with Gasteiger partial charge in [0, 0.05) is 42.7 Å². The molecule has 0 fully saturated rings. The van der Waals surface area contributed by atoms with Gasteiger partial charge in [0.15, 0.2) is 5.65 Å². The summed E-state index contributed by atoms with van der Waals surface area (Å²) in [5.74, 6) is 0.593. The van der Waals surface area contributed by atoms with Crippen molar-refractivity contribution in [2.75, 3.05) is 5.32 Å². The summed E-state index contributed by atoms with van der Waals surface area (Å²) in [5.41, 5.74) is 2.38. The SMILES string of the molecule is CC[C@H](Cn1ccnc1)Nc1cc(-c2ccc(F)cc2)nc2ccnn12. The van der Waals surface area contributed by atoms with Gasteiger partial charge in [0.25, 0.3) is 0 Å². The average Bonchev–Trinajstić information content (AvgIpc) is 3.33. The van der Waals surface area contributed by atoms with Crippen LogP contribution >= 0.6 is 0 Å². The van der Waals surface area contributed by atoms with E-state index in [-0.39, 0.29) is 11.9 Å². The molecular weight excluding hydrogens is 331 g/mol. The Labute approximate surface area is 150 Å². The lowest BCUT2D eigenvalue weighted by molar-refractivity contribution is 0.565. The van der Waals surface area contributed by atoms with Gasteiger partial charge in [0.2, 0.25) is 0 Å². The van der Waals surface area contributed by atoms with E-state index in [0.29, 0.717) is 0 Å². The van der Waals surface area contributed by atoms with E-state index in [9.17, 15) is 4.39 Å². The largest absolute Gasteiger partial charge is 0.365 e. The van der Waals surface area contributed by atoms with Crippen LogP contribution in [0.25, 0.3) is 16.9 Å². The van der Waals surface area contributed by atoms with Crippen LogP contribution in [0.2, 0.25) is 0 Å². The van der Waals surface area contributed by atoms with Gasteiger partial charge >= 0.3 is 0 Å². The predicted molar refractivity (Wildman–Crippen MR) is 98.3 cm³/mol. The monoisotopic (exact) mass is 350 g/mol. The lowest BCUT2D eigenvalue weighted by Crippen LogP contribution is -2.25. The van der Waals surface area contributed by atoms with Crippen molar-refractivity contribution in [1.29, 1.82) is 0 Å². The maximum absolute atomic E-state index is 13.2. The van der Waals surface area contributed by atoms with Crippen LogP contribution in [0.5, 0.6) is 0 Å². The number of halogens is 1. The molecule has 0 saturated heterocycles.